The van der Waals surface area contributed by atoms with Crippen LogP contribution in [0.15, 0.2) is 18.3 Å². The van der Waals surface area contributed by atoms with E-state index >= 15 is 0 Å². The molecular weight excluding hydrogens is 270 g/mol. The molecule has 2 saturated heterocycles. The predicted octanol–water partition coefficient (Wildman–Crippen LogP) is -0.791. The summed E-state index contributed by atoms with van der Waals surface area (Å²) in [6.07, 6.45) is 1.41. The molecule has 21 heavy (non-hydrogen) atoms. The van der Waals surface area contributed by atoms with Crippen molar-refractivity contribution in [3.8, 4) is 6.07 Å². The Morgan fingerprint density at radius 2 is 2.24 bits per heavy atom. The minimum atomic E-state index is -0.261. The monoisotopic (exact) mass is 285 g/mol. The van der Waals surface area contributed by atoms with Gasteiger partial charge in [0.25, 0.3) is 5.91 Å². The summed E-state index contributed by atoms with van der Waals surface area (Å²) in [5, 5.41) is 11.5. The molecule has 7 nitrogen and oxygen atoms in total. The summed E-state index contributed by atoms with van der Waals surface area (Å²) in [5.41, 5.74) is 0.724. The van der Waals surface area contributed by atoms with E-state index in [0.717, 1.165) is 6.54 Å². The number of hydrogen-bond acceptors (Lipinski definition) is 5. The maximum absolute atomic E-state index is 12.4. The summed E-state index contributed by atoms with van der Waals surface area (Å²) in [5.74, 6) is -0.165. The van der Waals surface area contributed by atoms with Crippen molar-refractivity contribution in [3.63, 3.8) is 0 Å². The van der Waals surface area contributed by atoms with Gasteiger partial charge in [-0.1, -0.05) is 0 Å². The average molecular weight is 285 g/mol. The van der Waals surface area contributed by atoms with E-state index < -0.39 is 0 Å². The van der Waals surface area contributed by atoms with Gasteiger partial charge in [0.15, 0.2) is 0 Å². The van der Waals surface area contributed by atoms with E-state index in [0.29, 0.717) is 31.7 Å². The molecule has 0 aromatic carbocycles. The van der Waals surface area contributed by atoms with Crippen molar-refractivity contribution < 1.29 is 9.59 Å². The lowest BCUT2D eigenvalue weighted by atomic mass is 10.1. The van der Waals surface area contributed by atoms with E-state index in [1.807, 2.05) is 6.07 Å². The molecule has 7 heteroatoms. The number of hydrogen-bond donors (Lipinski definition) is 1. The third-order valence-electron chi connectivity index (χ3n) is 3.90. The molecule has 1 unspecified atom stereocenters. The fourth-order valence-electron chi connectivity index (χ4n) is 2.73. The Labute approximate surface area is 122 Å². The van der Waals surface area contributed by atoms with Crippen LogP contribution in [0.1, 0.15) is 16.1 Å². The molecule has 0 radical (unpaired) electrons. The number of fused-ring (bicyclic) bond motifs is 1. The highest BCUT2D eigenvalue weighted by molar-refractivity contribution is 5.94. The lowest BCUT2D eigenvalue weighted by Crippen LogP contribution is -2.64. The van der Waals surface area contributed by atoms with Crippen molar-refractivity contribution >= 4 is 11.8 Å². The number of nitrogens with one attached hydrogen (secondary N) is 1. The summed E-state index contributed by atoms with van der Waals surface area (Å²) in [6, 6.07) is 4.78. The van der Waals surface area contributed by atoms with Crippen molar-refractivity contribution in [1.82, 2.24) is 20.1 Å². The molecule has 1 N–H and O–H groups in total. The van der Waals surface area contributed by atoms with Crippen molar-refractivity contribution in [2.45, 2.75) is 6.04 Å². The molecule has 108 valence electrons. The number of amides is 2. The Kier molecular flexibility index (Phi) is 3.54. The zero-order chi connectivity index (χ0) is 14.8. The van der Waals surface area contributed by atoms with Crippen LogP contribution in [-0.4, -0.2) is 65.4 Å². The van der Waals surface area contributed by atoms with Gasteiger partial charge in [-0.3, -0.25) is 14.5 Å². The smallest absolute Gasteiger partial charge is 0.255 e. The summed E-state index contributed by atoms with van der Waals surface area (Å²) in [6.45, 7) is 3.19. The zero-order valence-electron chi connectivity index (χ0n) is 11.5. The normalized spacial score (nSPS) is 22.1. The highest BCUT2D eigenvalue weighted by Crippen LogP contribution is 2.15. The zero-order valence-corrected chi connectivity index (χ0v) is 11.5. The van der Waals surface area contributed by atoms with Gasteiger partial charge in [-0.05, 0) is 12.1 Å². The van der Waals surface area contributed by atoms with E-state index in [-0.39, 0.29) is 23.6 Å². The minimum absolute atomic E-state index is 0.0169. The summed E-state index contributed by atoms with van der Waals surface area (Å²) in [7, 11) is 0. The number of nitrogens with zero attached hydrogens (tertiary/aromatic N) is 4. The van der Waals surface area contributed by atoms with Gasteiger partial charge in [0, 0.05) is 38.9 Å². The predicted molar refractivity (Wildman–Crippen MR) is 73.2 cm³/mol. The molecule has 0 spiro atoms. The molecule has 3 heterocycles. The third-order valence-corrected chi connectivity index (χ3v) is 3.90. The SMILES string of the molecule is N#Cc1ccc(C(=O)N2CCN3CCNC(=O)C3C2)cn1. The van der Waals surface area contributed by atoms with Crippen molar-refractivity contribution in [2.75, 3.05) is 32.7 Å². The number of carbonyl (C=O) groups excluding carboxylic acids is 2. The number of pyridine rings is 1. The Morgan fingerprint density at radius 3 is 2.95 bits per heavy atom. The second-order valence-electron chi connectivity index (χ2n) is 5.14. The number of aromatic nitrogens is 1. The molecule has 1 aromatic rings. The molecule has 0 bridgehead atoms. The second kappa shape index (κ2) is 5.50. The van der Waals surface area contributed by atoms with Gasteiger partial charge < -0.3 is 10.2 Å². The van der Waals surface area contributed by atoms with Crippen LogP contribution in [0.3, 0.4) is 0 Å². The number of rotatable bonds is 1. The van der Waals surface area contributed by atoms with Crippen LogP contribution >= 0.6 is 0 Å². The molecule has 0 saturated carbocycles. The molecular formula is C14H15N5O2. The van der Waals surface area contributed by atoms with Crippen LogP contribution in [-0.2, 0) is 4.79 Å². The first-order chi connectivity index (χ1) is 10.2. The highest BCUT2D eigenvalue weighted by atomic mass is 16.2. The Hall–Kier alpha value is -2.46. The Morgan fingerprint density at radius 1 is 1.38 bits per heavy atom. The van der Waals surface area contributed by atoms with E-state index in [4.69, 9.17) is 5.26 Å². The van der Waals surface area contributed by atoms with Crippen molar-refractivity contribution in [3.05, 3.63) is 29.6 Å². The first-order valence-electron chi connectivity index (χ1n) is 6.86. The average Bonchev–Trinajstić information content (AvgIpc) is 2.54. The molecule has 1 aromatic heterocycles. The fourth-order valence-corrected chi connectivity index (χ4v) is 2.73. The van der Waals surface area contributed by atoms with Gasteiger partial charge in [0.05, 0.1) is 5.56 Å². The topological polar surface area (TPSA) is 89.3 Å². The molecule has 2 fully saturated rings. The van der Waals surface area contributed by atoms with E-state index in [1.165, 1.54) is 12.3 Å². The Bertz CT molecular complexity index is 607. The maximum atomic E-state index is 12.4. The second-order valence-corrected chi connectivity index (χ2v) is 5.14. The van der Waals surface area contributed by atoms with E-state index in [9.17, 15) is 9.59 Å². The molecule has 2 amide bonds. The van der Waals surface area contributed by atoms with Crippen molar-refractivity contribution in [1.29, 1.82) is 5.26 Å². The largest absolute Gasteiger partial charge is 0.353 e. The van der Waals surface area contributed by atoms with Crippen LogP contribution in [0.4, 0.5) is 0 Å². The summed E-state index contributed by atoms with van der Waals surface area (Å²) >= 11 is 0. The first-order valence-corrected chi connectivity index (χ1v) is 6.86. The van der Waals surface area contributed by atoms with Gasteiger partial charge in [-0.15, -0.1) is 0 Å². The van der Waals surface area contributed by atoms with E-state index in [2.05, 4.69) is 15.2 Å². The Balaban J connectivity index is 1.73. The fraction of sp³-hybridized carbons (Fsp3) is 0.429. The van der Waals surface area contributed by atoms with Gasteiger partial charge in [-0.25, -0.2) is 4.98 Å². The summed E-state index contributed by atoms with van der Waals surface area (Å²) in [4.78, 5) is 32.0. The van der Waals surface area contributed by atoms with Crippen LogP contribution in [0.25, 0.3) is 0 Å². The molecule has 2 aliphatic rings. The maximum Gasteiger partial charge on any atom is 0.255 e. The first kappa shape index (κ1) is 13.5. The van der Waals surface area contributed by atoms with Crippen molar-refractivity contribution in [2.24, 2.45) is 0 Å². The van der Waals surface area contributed by atoms with Crippen LogP contribution < -0.4 is 5.32 Å². The number of carbonyl (C=O) groups is 2. The lowest BCUT2D eigenvalue weighted by Gasteiger charge is -2.43. The van der Waals surface area contributed by atoms with Gasteiger partial charge >= 0.3 is 0 Å². The minimum Gasteiger partial charge on any atom is -0.353 e. The quantitative estimate of drug-likeness (QED) is 0.730. The standard InChI is InChI=1S/C14H15N5O2/c15-7-11-2-1-10(8-17-11)14(21)19-6-5-18-4-3-16-13(20)12(18)9-19/h1-2,8,12H,3-6,9H2,(H,16,20). The molecule has 1 atom stereocenters. The summed E-state index contributed by atoms with van der Waals surface area (Å²) < 4.78 is 0. The molecule has 0 aliphatic carbocycles. The van der Waals surface area contributed by atoms with Gasteiger partial charge in [0.1, 0.15) is 17.8 Å². The lowest BCUT2D eigenvalue weighted by molar-refractivity contribution is -0.131. The van der Waals surface area contributed by atoms with Crippen LogP contribution in [0.5, 0.6) is 0 Å². The number of piperazine rings is 2. The van der Waals surface area contributed by atoms with Gasteiger partial charge in [0.2, 0.25) is 5.91 Å². The number of nitriles is 1. The highest BCUT2D eigenvalue weighted by Gasteiger charge is 2.36. The molecule has 3 rings (SSSR count). The van der Waals surface area contributed by atoms with E-state index in [1.54, 1.807) is 11.0 Å². The molecule has 2 aliphatic heterocycles. The van der Waals surface area contributed by atoms with Crippen LogP contribution in [0.2, 0.25) is 0 Å². The third kappa shape index (κ3) is 2.58. The van der Waals surface area contributed by atoms with Crippen LogP contribution in [0, 0.1) is 11.3 Å². The van der Waals surface area contributed by atoms with Gasteiger partial charge in [-0.2, -0.15) is 5.26 Å².